The van der Waals surface area contributed by atoms with Gasteiger partial charge in [-0.1, -0.05) is 13.8 Å². The zero-order valence-corrected chi connectivity index (χ0v) is 12.5. The number of hydrogen-bond donors (Lipinski definition) is 3. The number of nitrogens with one attached hydrogen (secondary N) is 3. The van der Waals surface area contributed by atoms with Crippen LogP contribution < -0.4 is 10.6 Å². The van der Waals surface area contributed by atoms with Crippen LogP contribution >= 0.6 is 0 Å². The number of aromatic amines is 1. The standard InChI is InChI=1S/C14H20N6O/c1-9(2)13-19-8-10(15-3)12(20-13)14(21)18-5-4-11-16-6-7-17-11/h6-9,15H,4-5H2,1-3H3,(H,16,17)(H,18,21). The van der Waals surface area contributed by atoms with E-state index in [0.29, 0.717) is 30.2 Å². The molecule has 0 fully saturated rings. The van der Waals surface area contributed by atoms with Gasteiger partial charge in [-0.05, 0) is 0 Å². The first-order valence-corrected chi connectivity index (χ1v) is 6.93. The third-order valence-corrected chi connectivity index (χ3v) is 3.01. The molecule has 2 aromatic rings. The zero-order chi connectivity index (χ0) is 15.2. The van der Waals surface area contributed by atoms with E-state index in [1.54, 1.807) is 25.6 Å². The molecule has 0 aliphatic carbocycles. The molecular weight excluding hydrogens is 268 g/mol. The molecule has 0 atom stereocenters. The lowest BCUT2D eigenvalue weighted by Gasteiger charge is -2.11. The Balaban J connectivity index is 2.04. The number of carbonyl (C=O) groups is 1. The molecule has 0 saturated carbocycles. The minimum atomic E-state index is -0.213. The van der Waals surface area contributed by atoms with Crippen molar-refractivity contribution in [2.45, 2.75) is 26.2 Å². The predicted octanol–water partition coefficient (Wildman–Crippen LogP) is 1.34. The Morgan fingerprint density at radius 2 is 2.19 bits per heavy atom. The number of hydrogen-bond acceptors (Lipinski definition) is 5. The van der Waals surface area contributed by atoms with Crippen LogP contribution in [0.15, 0.2) is 18.6 Å². The second kappa shape index (κ2) is 6.83. The highest BCUT2D eigenvalue weighted by Gasteiger charge is 2.15. The number of rotatable bonds is 6. The summed E-state index contributed by atoms with van der Waals surface area (Å²) in [7, 11) is 1.74. The molecule has 0 saturated heterocycles. The maximum Gasteiger partial charge on any atom is 0.272 e. The van der Waals surface area contributed by atoms with Crippen LogP contribution in [0.3, 0.4) is 0 Å². The van der Waals surface area contributed by atoms with Gasteiger partial charge < -0.3 is 15.6 Å². The Hall–Kier alpha value is -2.44. The van der Waals surface area contributed by atoms with Crippen molar-refractivity contribution in [3.05, 3.63) is 35.9 Å². The molecule has 1 amide bonds. The van der Waals surface area contributed by atoms with Gasteiger partial charge in [-0.2, -0.15) is 0 Å². The topological polar surface area (TPSA) is 95.6 Å². The van der Waals surface area contributed by atoms with Gasteiger partial charge >= 0.3 is 0 Å². The van der Waals surface area contributed by atoms with Crippen LogP contribution in [0, 0.1) is 0 Å². The maximum absolute atomic E-state index is 12.3. The number of imidazole rings is 1. The smallest absolute Gasteiger partial charge is 0.272 e. The molecule has 0 bridgehead atoms. The summed E-state index contributed by atoms with van der Waals surface area (Å²) >= 11 is 0. The summed E-state index contributed by atoms with van der Waals surface area (Å²) in [5, 5.41) is 5.79. The second-order valence-corrected chi connectivity index (χ2v) is 4.94. The van der Waals surface area contributed by atoms with E-state index < -0.39 is 0 Å². The summed E-state index contributed by atoms with van der Waals surface area (Å²) in [6.07, 6.45) is 5.74. The third kappa shape index (κ3) is 3.77. The third-order valence-electron chi connectivity index (χ3n) is 3.01. The molecule has 0 aliphatic heterocycles. The van der Waals surface area contributed by atoms with Crippen molar-refractivity contribution in [3.63, 3.8) is 0 Å². The van der Waals surface area contributed by atoms with Crippen LogP contribution in [0.2, 0.25) is 0 Å². The van der Waals surface area contributed by atoms with Gasteiger partial charge in [-0.15, -0.1) is 0 Å². The average Bonchev–Trinajstić information content (AvgIpc) is 2.99. The molecule has 2 heterocycles. The van der Waals surface area contributed by atoms with Crippen molar-refractivity contribution < 1.29 is 4.79 Å². The highest BCUT2D eigenvalue weighted by Crippen LogP contribution is 2.15. The molecule has 112 valence electrons. The van der Waals surface area contributed by atoms with Gasteiger partial charge in [0.2, 0.25) is 0 Å². The van der Waals surface area contributed by atoms with Gasteiger partial charge in [0.05, 0.1) is 11.9 Å². The molecule has 7 nitrogen and oxygen atoms in total. The van der Waals surface area contributed by atoms with Crippen LogP contribution in [0.25, 0.3) is 0 Å². The van der Waals surface area contributed by atoms with Gasteiger partial charge in [0.25, 0.3) is 5.91 Å². The van der Waals surface area contributed by atoms with Gasteiger partial charge in [0, 0.05) is 38.3 Å². The molecule has 21 heavy (non-hydrogen) atoms. The Bertz CT molecular complexity index is 594. The van der Waals surface area contributed by atoms with E-state index in [0.717, 1.165) is 5.82 Å². The van der Waals surface area contributed by atoms with Crippen LogP contribution in [0.1, 0.15) is 41.9 Å². The number of aromatic nitrogens is 4. The lowest BCUT2D eigenvalue weighted by molar-refractivity contribution is 0.0949. The van der Waals surface area contributed by atoms with E-state index in [4.69, 9.17) is 0 Å². The Labute approximate surface area is 123 Å². The summed E-state index contributed by atoms with van der Waals surface area (Å²) in [5.74, 6) is 1.46. The molecule has 2 aromatic heterocycles. The normalized spacial score (nSPS) is 10.7. The lowest BCUT2D eigenvalue weighted by Crippen LogP contribution is -2.28. The number of anilines is 1. The first-order chi connectivity index (χ1) is 10.1. The number of nitrogens with zero attached hydrogens (tertiary/aromatic N) is 3. The summed E-state index contributed by atoms with van der Waals surface area (Å²) in [6, 6.07) is 0. The van der Waals surface area contributed by atoms with E-state index in [9.17, 15) is 4.79 Å². The highest BCUT2D eigenvalue weighted by atomic mass is 16.1. The van der Waals surface area contributed by atoms with Crippen LogP contribution in [0.5, 0.6) is 0 Å². The van der Waals surface area contributed by atoms with Crippen molar-refractivity contribution in [2.24, 2.45) is 0 Å². The molecule has 0 unspecified atom stereocenters. The quantitative estimate of drug-likeness (QED) is 0.745. The van der Waals surface area contributed by atoms with Gasteiger partial charge in [0.1, 0.15) is 11.6 Å². The lowest BCUT2D eigenvalue weighted by atomic mass is 10.2. The summed E-state index contributed by atoms with van der Waals surface area (Å²) in [5.41, 5.74) is 0.991. The Morgan fingerprint density at radius 3 is 2.81 bits per heavy atom. The largest absolute Gasteiger partial charge is 0.385 e. The Kier molecular flexibility index (Phi) is 4.86. The van der Waals surface area contributed by atoms with Crippen LogP contribution in [-0.4, -0.2) is 39.4 Å². The van der Waals surface area contributed by atoms with E-state index in [2.05, 4.69) is 30.6 Å². The van der Waals surface area contributed by atoms with Gasteiger partial charge in [-0.25, -0.2) is 15.0 Å². The number of H-pyrrole nitrogens is 1. The highest BCUT2D eigenvalue weighted by molar-refractivity contribution is 5.97. The first kappa shape index (κ1) is 15.0. The first-order valence-electron chi connectivity index (χ1n) is 6.93. The molecule has 7 heteroatoms. The number of amides is 1. The second-order valence-electron chi connectivity index (χ2n) is 4.94. The summed E-state index contributed by atoms with van der Waals surface area (Å²) < 4.78 is 0. The molecule has 0 aromatic carbocycles. The van der Waals surface area contributed by atoms with Crippen molar-refractivity contribution in [2.75, 3.05) is 18.9 Å². The van der Waals surface area contributed by atoms with Crippen molar-refractivity contribution in [1.82, 2.24) is 25.3 Å². The minimum absolute atomic E-state index is 0.172. The zero-order valence-electron chi connectivity index (χ0n) is 12.5. The molecule has 3 N–H and O–H groups in total. The van der Waals surface area contributed by atoms with Crippen molar-refractivity contribution in [3.8, 4) is 0 Å². The van der Waals surface area contributed by atoms with E-state index in [-0.39, 0.29) is 11.8 Å². The van der Waals surface area contributed by atoms with Crippen LogP contribution in [0.4, 0.5) is 5.69 Å². The van der Waals surface area contributed by atoms with Crippen molar-refractivity contribution in [1.29, 1.82) is 0 Å². The molecular formula is C14H20N6O. The Morgan fingerprint density at radius 1 is 1.38 bits per heavy atom. The monoisotopic (exact) mass is 288 g/mol. The van der Waals surface area contributed by atoms with E-state index >= 15 is 0 Å². The fourth-order valence-corrected chi connectivity index (χ4v) is 1.84. The molecule has 0 spiro atoms. The van der Waals surface area contributed by atoms with Gasteiger partial charge in [0.15, 0.2) is 5.69 Å². The van der Waals surface area contributed by atoms with Gasteiger partial charge in [-0.3, -0.25) is 4.79 Å². The fraction of sp³-hybridized carbons (Fsp3) is 0.429. The number of carbonyl (C=O) groups excluding carboxylic acids is 1. The fourth-order valence-electron chi connectivity index (χ4n) is 1.84. The molecule has 0 aliphatic rings. The predicted molar refractivity (Wildman–Crippen MR) is 80.3 cm³/mol. The molecule has 0 radical (unpaired) electrons. The summed E-state index contributed by atoms with van der Waals surface area (Å²) in [6.45, 7) is 4.48. The SMILES string of the molecule is CNc1cnc(C(C)C)nc1C(=O)NCCc1ncc[nH]1. The maximum atomic E-state index is 12.3. The summed E-state index contributed by atoms with van der Waals surface area (Å²) in [4.78, 5) is 28.0. The van der Waals surface area contributed by atoms with Crippen LogP contribution in [-0.2, 0) is 6.42 Å². The average molecular weight is 288 g/mol. The van der Waals surface area contributed by atoms with Crippen molar-refractivity contribution >= 4 is 11.6 Å². The van der Waals surface area contributed by atoms with E-state index in [1.807, 2.05) is 13.8 Å². The van der Waals surface area contributed by atoms with E-state index in [1.165, 1.54) is 0 Å². The minimum Gasteiger partial charge on any atom is -0.385 e. The molecule has 2 rings (SSSR count).